The molecule has 0 aliphatic carbocycles. The highest BCUT2D eigenvalue weighted by Gasteiger charge is 2.52. The second-order valence-corrected chi connectivity index (χ2v) is 8.94. The summed E-state index contributed by atoms with van der Waals surface area (Å²) < 4.78 is 11.4. The van der Waals surface area contributed by atoms with E-state index in [1.54, 1.807) is 38.1 Å². The van der Waals surface area contributed by atoms with Crippen molar-refractivity contribution in [3.05, 3.63) is 59.2 Å². The Kier molecular flexibility index (Phi) is 9.43. The molecule has 0 saturated carbocycles. The lowest BCUT2D eigenvalue weighted by Crippen LogP contribution is -2.61. The van der Waals surface area contributed by atoms with Gasteiger partial charge in [0.15, 0.2) is 6.10 Å². The normalized spacial score (nSPS) is 17.5. The molecule has 1 heterocycles. The molecular weight excluding hydrogens is 488 g/mol. The first kappa shape index (κ1) is 29.0. The number of amides is 2. The van der Waals surface area contributed by atoms with Gasteiger partial charge >= 0.3 is 0 Å². The summed E-state index contributed by atoms with van der Waals surface area (Å²) in [6, 6.07) is 13.0. The highest BCUT2D eigenvalue weighted by atomic mass is 35.5. The molecule has 0 spiro atoms. The summed E-state index contributed by atoms with van der Waals surface area (Å²) >= 11 is 0. The molecule has 11 heteroatoms. The van der Waals surface area contributed by atoms with Crippen LogP contribution in [0.4, 0.5) is 5.69 Å². The van der Waals surface area contributed by atoms with Gasteiger partial charge in [0.25, 0.3) is 11.8 Å². The van der Waals surface area contributed by atoms with Crippen LogP contribution in [0.3, 0.4) is 0 Å². The zero-order chi connectivity index (χ0) is 25.8. The number of benzene rings is 2. The molecule has 2 atom stereocenters. The van der Waals surface area contributed by atoms with Gasteiger partial charge in [0, 0.05) is 19.5 Å². The number of halogens is 1. The molecule has 1 aliphatic heterocycles. The van der Waals surface area contributed by atoms with E-state index in [2.05, 4.69) is 0 Å². The van der Waals surface area contributed by atoms with E-state index in [-0.39, 0.29) is 49.8 Å². The van der Waals surface area contributed by atoms with Crippen molar-refractivity contribution in [3.63, 3.8) is 0 Å². The lowest BCUT2D eigenvalue weighted by atomic mass is 9.84. The molecule has 0 bridgehead atoms. The van der Waals surface area contributed by atoms with Crippen LogP contribution in [0, 0.1) is 11.3 Å². The molecule has 0 unspecified atom stereocenters. The van der Waals surface area contributed by atoms with Crippen LogP contribution < -0.4 is 21.1 Å². The standard InChI is InChI=1S/C25H30N4O6.ClH/c1-24(2,32)9-11-34-20-6-4-3-5-19(20)29-10-12-35-21(22(29)30)25(33,23(28)31)18-8-7-16(14-26)17(13-18)15-27;/h3-8,13,21,32-33H,9-12,15,27H2,1-2H3,(H2,28,31);1H/t21-,25+;/m0./s1. The third-order valence-electron chi connectivity index (χ3n) is 5.86. The molecule has 36 heavy (non-hydrogen) atoms. The van der Waals surface area contributed by atoms with Crippen molar-refractivity contribution >= 4 is 29.9 Å². The number of hydrogen-bond donors (Lipinski definition) is 4. The average Bonchev–Trinajstić information content (AvgIpc) is 2.82. The minimum absolute atomic E-state index is 0. The van der Waals surface area contributed by atoms with Crippen molar-refractivity contribution in [2.75, 3.05) is 24.7 Å². The fourth-order valence-corrected chi connectivity index (χ4v) is 3.87. The Labute approximate surface area is 215 Å². The number of ether oxygens (including phenoxy) is 2. The van der Waals surface area contributed by atoms with E-state index < -0.39 is 29.1 Å². The van der Waals surface area contributed by atoms with Gasteiger partial charge in [0.2, 0.25) is 5.60 Å². The average molecular weight is 519 g/mol. The van der Waals surface area contributed by atoms with Crippen LogP contribution in [0.5, 0.6) is 5.75 Å². The minimum Gasteiger partial charge on any atom is -0.491 e. The number of hydrogen-bond acceptors (Lipinski definition) is 8. The maximum atomic E-state index is 13.6. The summed E-state index contributed by atoms with van der Waals surface area (Å²) in [6.45, 7) is 3.69. The maximum Gasteiger partial charge on any atom is 0.260 e. The molecule has 194 valence electrons. The van der Waals surface area contributed by atoms with Crippen molar-refractivity contribution in [2.45, 2.75) is 44.1 Å². The molecule has 1 fully saturated rings. The summed E-state index contributed by atoms with van der Waals surface area (Å²) in [6.07, 6.45) is -1.28. The number of nitrogens with two attached hydrogens (primary N) is 2. The Morgan fingerprint density at radius 3 is 2.58 bits per heavy atom. The van der Waals surface area contributed by atoms with Gasteiger partial charge in [-0.05, 0) is 49.2 Å². The van der Waals surface area contributed by atoms with Crippen LogP contribution in [0.2, 0.25) is 0 Å². The Morgan fingerprint density at radius 2 is 1.97 bits per heavy atom. The number of rotatable bonds is 9. The van der Waals surface area contributed by atoms with Crippen LogP contribution in [-0.4, -0.2) is 53.5 Å². The van der Waals surface area contributed by atoms with E-state index in [1.165, 1.54) is 23.1 Å². The van der Waals surface area contributed by atoms with Gasteiger partial charge in [-0.3, -0.25) is 9.59 Å². The molecule has 6 N–H and O–H groups in total. The van der Waals surface area contributed by atoms with Crippen LogP contribution >= 0.6 is 12.4 Å². The summed E-state index contributed by atoms with van der Waals surface area (Å²) in [4.78, 5) is 27.5. The zero-order valence-electron chi connectivity index (χ0n) is 20.1. The summed E-state index contributed by atoms with van der Waals surface area (Å²) in [5, 5.41) is 30.7. The Morgan fingerprint density at radius 1 is 1.28 bits per heavy atom. The number of anilines is 1. The molecule has 1 saturated heterocycles. The number of carbonyl (C=O) groups excluding carboxylic acids is 2. The number of aliphatic hydroxyl groups is 2. The molecule has 1 aliphatic rings. The predicted octanol–water partition coefficient (Wildman–Crippen LogP) is 1.08. The van der Waals surface area contributed by atoms with E-state index in [4.69, 9.17) is 20.9 Å². The van der Waals surface area contributed by atoms with Crippen LogP contribution in [0.1, 0.15) is 37.0 Å². The molecule has 3 rings (SSSR count). The van der Waals surface area contributed by atoms with Crippen molar-refractivity contribution < 1.29 is 29.3 Å². The van der Waals surface area contributed by atoms with Gasteiger partial charge in [0.05, 0.1) is 36.1 Å². The molecule has 0 radical (unpaired) electrons. The number of primary amides is 1. The van der Waals surface area contributed by atoms with Crippen molar-refractivity contribution in [3.8, 4) is 11.8 Å². The Bertz CT molecular complexity index is 1150. The van der Waals surface area contributed by atoms with E-state index in [1.807, 2.05) is 6.07 Å². The molecule has 10 nitrogen and oxygen atoms in total. The van der Waals surface area contributed by atoms with Crippen LogP contribution in [0.15, 0.2) is 42.5 Å². The molecular formula is C25H31ClN4O6. The van der Waals surface area contributed by atoms with E-state index >= 15 is 0 Å². The molecule has 2 aromatic rings. The summed E-state index contributed by atoms with van der Waals surface area (Å²) in [5.41, 5.74) is 8.97. The van der Waals surface area contributed by atoms with Gasteiger partial charge in [-0.15, -0.1) is 12.4 Å². The van der Waals surface area contributed by atoms with Crippen LogP contribution in [0.25, 0.3) is 0 Å². The first-order valence-electron chi connectivity index (χ1n) is 11.2. The van der Waals surface area contributed by atoms with Crippen molar-refractivity contribution in [1.82, 2.24) is 0 Å². The maximum absolute atomic E-state index is 13.6. The number of nitriles is 1. The Balaban J connectivity index is 0.00000456. The third-order valence-corrected chi connectivity index (χ3v) is 5.86. The summed E-state index contributed by atoms with van der Waals surface area (Å²) in [5.74, 6) is -1.47. The second-order valence-electron chi connectivity index (χ2n) is 8.94. The van der Waals surface area contributed by atoms with E-state index in [0.29, 0.717) is 23.4 Å². The molecule has 2 aromatic carbocycles. The number of para-hydroxylation sites is 2. The number of nitrogens with zero attached hydrogens (tertiary/aromatic N) is 2. The van der Waals surface area contributed by atoms with Crippen molar-refractivity contribution in [1.29, 1.82) is 5.26 Å². The molecule has 2 amide bonds. The van der Waals surface area contributed by atoms with E-state index in [9.17, 15) is 25.1 Å². The minimum atomic E-state index is -2.51. The number of carbonyl (C=O) groups is 2. The topological polar surface area (TPSA) is 172 Å². The first-order valence-corrected chi connectivity index (χ1v) is 11.2. The van der Waals surface area contributed by atoms with Gasteiger partial charge in [-0.1, -0.05) is 18.2 Å². The molecule has 0 aromatic heterocycles. The van der Waals surface area contributed by atoms with Gasteiger partial charge in [0.1, 0.15) is 5.75 Å². The Hall–Kier alpha value is -3.20. The fourth-order valence-electron chi connectivity index (χ4n) is 3.87. The van der Waals surface area contributed by atoms with E-state index in [0.717, 1.165) is 0 Å². The lowest BCUT2D eigenvalue weighted by Gasteiger charge is -2.40. The van der Waals surface area contributed by atoms with Gasteiger partial charge in [-0.2, -0.15) is 5.26 Å². The monoisotopic (exact) mass is 518 g/mol. The van der Waals surface area contributed by atoms with Crippen LogP contribution in [-0.2, 0) is 26.5 Å². The quantitative estimate of drug-likeness (QED) is 0.381. The third kappa shape index (κ3) is 5.95. The highest BCUT2D eigenvalue weighted by Crippen LogP contribution is 2.36. The summed E-state index contributed by atoms with van der Waals surface area (Å²) in [7, 11) is 0. The van der Waals surface area contributed by atoms with Crippen molar-refractivity contribution in [2.24, 2.45) is 11.5 Å². The second kappa shape index (κ2) is 11.7. The van der Waals surface area contributed by atoms with Gasteiger partial charge in [-0.25, -0.2) is 0 Å². The first-order chi connectivity index (χ1) is 16.5. The largest absolute Gasteiger partial charge is 0.491 e. The SMILES string of the molecule is CC(C)(O)CCOc1ccccc1N1CCO[C@H]([C@@](O)(C(N)=O)c2ccc(C#N)c(CN)c2)C1=O.Cl. The predicted molar refractivity (Wildman–Crippen MR) is 134 cm³/mol. The highest BCUT2D eigenvalue weighted by molar-refractivity contribution is 6.03. The zero-order valence-corrected chi connectivity index (χ0v) is 21.0. The smallest absolute Gasteiger partial charge is 0.260 e. The fraction of sp³-hybridized carbons (Fsp3) is 0.400. The number of morpholine rings is 1. The van der Waals surface area contributed by atoms with Gasteiger partial charge < -0.3 is 36.1 Å². The lowest BCUT2D eigenvalue weighted by molar-refractivity contribution is -0.171.